The summed E-state index contributed by atoms with van der Waals surface area (Å²) in [4.78, 5) is 22.1. The summed E-state index contributed by atoms with van der Waals surface area (Å²) in [6.45, 7) is 5.36. The lowest BCUT2D eigenvalue weighted by molar-refractivity contribution is -0.142. The molecule has 8 heteroatoms. The van der Waals surface area contributed by atoms with Gasteiger partial charge in [-0.05, 0) is 6.42 Å². The van der Waals surface area contributed by atoms with E-state index in [1.807, 2.05) is 13.8 Å². The molecule has 0 spiro atoms. The molecule has 0 aromatic heterocycles. The van der Waals surface area contributed by atoms with Crippen molar-refractivity contribution >= 4 is 22.0 Å². The van der Waals surface area contributed by atoms with Crippen molar-refractivity contribution < 1.29 is 26.9 Å². The molecule has 0 aliphatic carbocycles. The SMILES string of the molecule is CC(=O)NCCCS(=O)(=O)OC[C@@H]1C(=O)OCC1(C)C. The number of cyclic esters (lactones) is 1. The minimum atomic E-state index is -3.70. The second kappa shape index (κ2) is 6.53. The van der Waals surface area contributed by atoms with E-state index in [2.05, 4.69) is 5.32 Å². The minimum absolute atomic E-state index is 0.199. The van der Waals surface area contributed by atoms with Crippen molar-refractivity contribution in [2.24, 2.45) is 11.3 Å². The topological polar surface area (TPSA) is 98.8 Å². The number of amides is 1. The summed E-state index contributed by atoms with van der Waals surface area (Å²) >= 11 is 0. The van der Waals surface area contributed by atoms with Gasteiger partial charge in [0.2, 0.25) is 5.91 Å². The maximum absolute atomic E-state index is 11.7. The first kappa shape index (κ1) is 16.9. The summed E-state index contributed by atoms with van der Waals surface area (Å²) in [6, 6.07) is 0. The molecule has 1 aliphatic heterocycles. The predicted octanol–water partition coefficient (Wildman–Crippen LogP) is 0.0582. The molecule has 1 rings (SSSR count). The zero-order valence-electron chi connectivity index (χ0n) is 12.0. The van der Waals surface area contributed by atoms with E-state index in [-0.39, 0.29) is 37.8 Å². The van der Waals surface area contributed by atoms with Crippen LogP contribution in [0, 0.1) is 11.3 Å². The third-order valence-electron chi connectivity index (χ3n) is 3.17. The molecule has 1 amide bonds. The summed E-state index contributed by atoms with van der Waals surface area (Å²) < 4.78 is 33.1. The lowest BCUT2D eigenvalue weighted by atomic mass is 9.82. The number of ether oxygens (including phenoxy) is 1. The molecule has 1 aliphatic rings. The molecular formula is C12H21NO6S. The van der Waals surface area contributed by atoms with E-state index >= 15 is 0 Å². The molecule has 1 N–H and O–H groups in total. The van der Waals surface area contributed by atoms with Crippen LogP contribution in [0.4, 0.5) is 0 Å². The largest absolute Gasteiger partial charge is 0.465 e. The molecule has 0 unspecified atom stereocenters. The smallest absolute Gasteiger partial charge is 0.312 e. The van der Waals surface area contributed by atoms with Crippen molar-refractivity contribution in [1.29, 1.82) is 0 Å². The van der Waals surface area contributed by atoms with Crippen LogP contribution in [0.15, 0.2) is 0 Å². The van der Waals surface area contributed by atoms with Gasteiger partial charge in [0.25, 0.3) is 10.1 Å². The van der Waals surface area contributed by atoms with E-state index in [9.17, 15) is 18.0 Å². The van der Waals surface area contributed by atoms with E-state index in [0.29, 0.717) is 0 Å². The van der Waals surface area contributed by atoms with Crippen LogP contribution >= 0.6 is 0 Å². The zero-order chi connectivity index (χ0) is 15.4. The highest BCUT2D eigenvalue weighted by Crippen LogP contribution is 2.34. The summed E-state index contributed by atoms with van der Waals surface area (Å²) in [5.74, 6) is -1.41. The van der Waals surface area contributed by atoms with E-state index < -0.39 is 27.4 Å². The molecule has 20 heavy (non-hydrogen) atoms. The number of esters is 1. The van der Waals surface area contributed by atoms with Crippen molar-refractivity contribution in [3.05, 3.63) is 0 Å². The van der Waals surface area contributed by atoms with E-state index in [1.165, 1.54) is 6.92 Å². The summed E-state index contributed by atoms with van der Waals surface area (Å²) in [5.41, 5.74) is -0.428. The lowest BCUT2D eigenvalue weighted by Crippen LogP contribution is -2.30. The van der Waals surface area contributed by atoms with Gasteiger partial charge in [-0.1, -0.05) is 13.8 Å². The van der Waals surface area contributed by atoms with Gasteiger partial charge < -0.3 is 10.1 Å². The van der Waals surface area contributed by atoms with Crippen LogP contribution in [0.25, 0.3) is 0 Å². The molecule has 0 bridgehead atoms. The lowest BCUT2D eigenvalue weighted by Gasteiger charge is -2.21. The van der Waals surface area contributed by atoms with Crippen molar-refractivity contribution in [1.82, 2.24) is 5.32 Å². The molecular weight excluding hydrogens is 286 g/mol. The first-order valence-electron chi connectivity index (χ1n) is 6.42. The number of rotatable bonds is 7. The van der Waals surface area contributed by atoms with Crippen LogP contribution in [0.5, 0.6) is 0 Å². The molecule has 1 heterocycles. The second-order valence-electron chi connectivity index (χ2n) is 5.53. The third-order valence-corrected chi connectivity index (χ3v) is 4.46. The average Bonchev–Trinajstić information content (AvgIpc) is 2.57. The Labute approximate surface area is 119 Å². The van der Waals surface area contributed by atoms with Gasteiger partial charge in [0.15, 0.2) is 0 Å². The highest BCUT2D eigenvalue weighted by atomic mass is 32.2. The Morgan fingerprint density at radius 3 is 2.65 bits per heavy atom. The van der Waals surface area contributed by atoms with E-state index in [4.69, 9.17) is 8.92 Å². The maximum atomic E-state index is 11.7. The average molecular weight is 307 g/mol. The van der Waals surface area contributed by atoms with Crippen LogP contribution in [-0.4, -0.2) is 45.8 Å². The Balaban J connectivity index is 2.39. The number of carbonyl (C=O) groups is 2. The maximum Gasteiger partial charge on any atom is 0.312 e. The van der Waals surface area contributed by atoms with Gasteiger partial charge >= 0.3 is 5.97 Å². The highest BCUT2D eigenvalue weighted by Gasteiger charge is 2.44. The predicted molar refractivity (Wildman–Crippen MR) is 71.3 cm³/mol. The van der Waals surface area contributed by atoms with Crippen LogP contribution in [-0.2, 0) is 28.6 Å². The Morgan fingerprint density at radius 2 is 2.15 bits per heavy atom. The number of carbonyl (C=O) groups excluding carboxylic acids is 2. The Hall–Kier alpha value is -1.15. The van der Waals surface area contributed by atoms with Crippen molar-refractivity contribution in [2.45, 2.75) is 27.2 Å². The quantitative estimate of drug-likeness (QED) is 0.405. The Morgan fingerprint density at radius 1 is 1.50 bits per heavy atom. The van der Waals surface area contributed by atoms with E-state index in [0.717, 1.165) is 0 Å². The first-order valence-corrected chi connectivity index (χ1v) is 8.00. The summed E-state index contributed by atoms with van der Waals surface area (Å²) in [5, 5.41) is 2.50. The standard InChI is InChI=1S/C12H21NO6S/c1-9(14)13-5-4-6-20(16,17)19-7-10-11(15)18-8-12(10,2)3/h10H,4-8H2,1-3H3,(H,13,14)/t10-/m1/s1. The monoisotopic (exact) mass is 307 g/mol. The van der Waals surface area contributed by atoms with Crippen LogP contribution in [0.2, 0.25) is 0 Å². The molecule has 116 valence electrons. The number of nitrogens with one attached hydrogen (secondary N) is 1. The van der Waals surface area contributed by atoms with E-state index in [1.54, 1.807) is 0 Å². The van der Waals surface area contributed by atoms with Gasteiger partial charge in [0, 0.05) is 18.9 Å². The summed E-state index contributed by atoms with van der Waals surface area (Å²) in [7, 11) is -3.70. The van der Waals surface area contributed by atoms with Crippen LogP contribution in [0.1, 0.15) is 27.2 Å². The number of hydrogen-bond donors (Lipinski definition) is 1. The fraction of sp³-hybridized carbons (Fsp3) is 0.833. The molecule has 0 radical (unpaired) electrons. The molecule has 0 aromatic rings. The number of hydrogen-bond acceptors (Lipinski definition) is 6. The summed E-state index contributed by atoms with van der Waals surface area (Å²) in [6.07, 6.45) is 0.264. The van der Waals surface area contributed by atoms with Crippen LogP contribution < -0.4 is 5.32 Å². The second-order valence-corrected chi connectivity index (χ2v) is 7.29. The van der Waals surface area contributed by atoms with Crippen LogP contribution in [0.3, 0.4) is 0 Å². The van der Waals surface area contributed by atoms with Gasteiger partial charge in [-0.3, -0.25) is 13.8 Å². The van der Waals surface area contributed by atoms with Crippen molar-refractivity contribution in [3.63, 3.8) is 0 Å². The van der Waals surface area contributed by atoms with Gasteiger partial charge in [0.05, 0.1) is 24.9 Å². The Kier molecular flexibility index (Phi) is 5.52. The molecule has 0 saturated carbocycles. The van der Waals surface area contributed by atoms with Crippen molar-refractivity contribution in [2.75, 3.05) is 25.5 Å². The van der Waals surface area contributed by atoms with Gasteiger partial charge in [-0.25, -0.2) is 0 Å². The minimum Gasteiger partial charge on any atom is -0.465 e. The molecule has 1 fully saturated rings. The first-order chi connectivity index (χ1) is 9.14. The molecule has 7 nitrogen and oxygen atoms in total. The molecule has 1 saturated heterocycles. The fourth-order valence-corrected chi connectivity index (χ4v) is 2.77. The van der Waals surface area contributed by atoms with Gasteiger partial charge in [-0.2, -0.15) is 8.42 Å². The normalized spacial score (nSPS) is 21.6. The molecule has 1 atom stereocenters. The van der Waals surface area contributed by atoms with Crippen molar-refractivity contribution in [3.8, 4) is 0 Å². The zero-order valence-corrected chi connectivity index (χ0v) is 12.8. The third kappa shape index (κ3) is 5.09. The Bertz CT molecular complexity index is 470. The molecule has 0 aromatic carbocycles. The van der Waals surface area contributed by atoms with Gasteiger partial charge in [-0.15, -0.1) is 0 Å². The fourth-order valence-electron chi connectivity index (χ4n) is 1.81. The highest BCUT2D eigenvalue weighted by molar-refractivity contribution is 7.86. The van der Waals surface area contributed by atoms with Gasteiger partial charge in [0.1, 0.15) is 0 Å².